The first-order valence-electron chi connectivity index (χ1n) is 9.52. The molecule has 0 saturated heterocycles. The number of hydrogen-bond donors (Lipinski definition) is 2. The first-order chi connectivity index (χ1) is 15.1. The summed E-state index contributed by atoms with van der Waals surface area (Å²) in [5, 5.41) is 5.16. The summed E-state index contributed by atoms with van der Waals surface area (Å²) in [6.07, 6.45) is -3.41. The lowest BCUT2D eigenvalue weighted by molar-refractivity contribution is -0.274. The van der Waals surface area contributed by atoms with Crippen molar-refractivity contribution < 1.29 is 32.3 Å². The Morgan fingerprint density at radius 3 is 2.59 bits per heavy atom. The van der Waals surface area contributed by atoms with Crippen LogP contribution in [-0.4, -0.2) is 54.2 Å². The zero-order valence-corrected chi connectivity index (χ0v) is 17.1. The van der Waals surface area contributed by atoms with Gasteiger partial charge >= 0.3 is 12.4 Å². The van der Waals surface area contributed by atoms with Crippen LogP contribution >= 0.6 is 0 Å². The summed E-state index contributed by atoms with van der Waals surface area (Å²) < 4.78 is 41.1. The van der Waals surface area contributed by atoms with Gasteiger partial charge in [-0.3, -0.25) is 14.5 Å². The summed E-state index contributed by atoms with van der Waals surface area (Å²) in [4.78, 5) is 44.5. The second-order valence-corrected chi connectivity index (χ2v) is 6.86. The third-order valence-corrected chi connectivity index (χ3v) is 4.68. The number of carbonyl (C=O) groups excluding carboxylic acids is 3. The fraction of sp³-hybridized carbons (Fsp3) is 0.300. The number of pyridine rings is 1. The van der Waals surface area contributed by atoms with Crippen molar-refractivity contribution in [1.29, 1.82) is 0 Å². The maximum Gasteiger partial charge on any atom is 0.573 e. The highest BCUT2D eigenvalue weighted by atomic mass is 19.4. The zero-order chi connectivity index (χ0) is 23.5. The molecular weight excluding hydrogens is 431 g/mol. The van der Waals surface area contributed by atoms with E-state index in [4.69, 9.17) is 0 Å². The Hall–Kier alpha value is -3.83. The number of rotatable bonds is 5. The average molecular weight is 451 g/mol. The monoisotopic (exact) mass is 451 g/mol. The minimum absolute atomic E-state index is 0.202. The van der Waals surface area contributed by atoms with Crippen LogP contribution in [0.1, 0.15) is 18.5 Å². The van der Waals surface area contributed by atoms with Gasteiger partial charge in [0, 0.05) is 19.8 Å². The second kappa shape index (κ2) is 9.12. The molecule has 0 radical (unpaired) electrons. The van der Waals surface area contributed by atoms with Crippen molar-refractivity contribution >= 4 is 29.4 Å². The van der Waals surface area contributed by atoms with Crippen molar-refractivity contribution in [3.63, 3.8) is 0 Å². The molecule has 1 aliphatic heterocycles. The fourth-order valence-electron chi connectivity index (χ4n) is 3.01. The maximum atomic E-state index is 13.0. The summed E-state index contributed by atoms with van der Waals surface area (Å²) in [6.45, 7) is 1.74. The van der Waals surface area contributed by atoms with Crippen LogP contribution in [-0.2, 0) is 9.59 Å². The van der Waals surface area contributed by atoms with Crippen molar-refractivity contribution in [2.45, 2.75) is 19.3 Å². The van der Waals surface area contributed by atoms with Crippen molar-refractivity contribution in [1.82, 2.24) is 15.2 Å². The average Bonchev–Trinajstić information content (AvgIpc) is 2.75. The molecule has 2 N–H and O–H groups in total. The molecule has 1 atom stereocenters. The third-order valence-electron chi connectivity index (χ3n) is 4.68. The van der Waals surface area contributed by atoms with Gasteiger partial charge in [0.25, 0.3) is 0 Å². The van der Waals surface area contributed by atoms with E-state index in [0.29, 0.717) is 12.2 Å². The van der Waals surface area contributed by atoms with E-state index in [1.165, 1.54) is 30.3 Å². The molecule has 1 unspecified atom stereocenters. The van der Waals surface area contributed by atoms with Crippen LogP contribution in [0.5, 0.6) is 5.75 Å². The smallest absolute Gasteiger partial charge is 0.406 e. The van der Waals surface area contributed by atoms with Crippen molar-refractivity contribution in [2.75, 3.05) is 30.4 Å². The predicted octanol–water partition coefficient (Wildman–Crippen LogP) is 2.67. The predicted molar refractivity (Wildman–Crippen MR) is 108 cm³/mol. The van der Waals surface area contributed by atoms with E-state index in [0.717, 1.165) is 17.0 Å². The Labute approximate surface area is 181 Å². The molecule has 0 spiro atoms. The minimum Gasteiger partial charge on any atom is -0.406 e. The lowest BCUT2D eigenvalue weighted by Gasteiger charge is -2.30. The quantitative estimate of drug-likeness (QED) is 0.728. The molecule has 2 heterocycles. The van der Waals surface area contributed by atoms with Crippen LogP contribution in [0.2, 0.25) is 0 Å². The summed E-state index contributed by atoms with van der Waals surface area (Å²) in [5.41, 5.74) is 0.571. The number of halogens is 3. The van der Waals surface area contributed by atoms with Crippen LogP contribution in [0.4, 0.5) is 29.5 Å². The van der Waals surface area contributed by atoms with Crippen molar-refractivity contribution in [3.8, 4) is 5.75 Å². The van der Waals surface area contributed by atoms with Gasteiger partial charge in [-0.15, -0.1) is 13.2 Å². The van der Waals surface area contributed by atoms with Gasteiger partial charge < -0.3 is 20.3 Å². The maximum absolute atomic E-state index is 13.0. The summed E-state index contributed by atoms with van der Waals surface area (Å²) in [7, 11) is 1.52. The number of carbonyl (C=O) groups is 3. The Kier molecular flexibility index (Phi) is 6.51. The summed E-state index contributed by atoms with van der Waals surface area (Å²) >= 11 is 0. The lowest BCUT2D eigenvalue weighted by atomic mass is 10.1. The van der Waals surface area contributed by atoms with E-state index < -0.39 is 36.0 Å². The molecule has 1 aliphatic rings. The molecule has 3 rings (SSSR count). The minimum atomic E-state index is -4.86. The van der Waals surface area contributed by atoms with Crippen LogP contribution < -0.4 is 20.3 Å². The Morgan fingerprint density at radius 2 is 1.97 bits per heavy atom. The standard InChI is InChI=1S/C20H20F3N5O4/c1-3-27(2)18(30)16(12-6-8-13(9-7-12)32-20(21,22)23)26-19(31)28-11-15(29)25-14-5-4-10-24-17(14)28/h4-10,16H,3,11H2,1-2H3,(H,25,29)(H,26,31). The van der Waals surface area contributed by atoms with Gasteiger partial charge in [-0.1, -0.05) is 12.1 Å². The van der Waals surface area contributed by atoms with Gasteiger partial charge in [0.05, 0.1) is 5.69 Å². The summed E-state index contributed by atoms with van der Waals surface area (Å²) in [6, 6.07) is 5.78. The number of fused-ring (bicyclic) bond motifs is 1. The SMILES string of the molecule is CCN(C)C(=O)C(NC(=O)N1CC(=O)Nc2cccnc21)c1ccc(OC(F)(F)F)cc1. The number of nitrogens with one attached hydrogen (secondary N) is 2. The Morgan fingerprint density at radius 1 is 1.28 bits per heavy atom. The molecule has 0 saturated carbocycles. The number of urea groups is 1. The van der Waals surface area contributed by atoms with Gasteiger partial charge in [-0.05, 0) is 36.8 Å². The number of alkyl halides is 3. The molecule has 170 valence electrons. The molecule has 0 fully saturated rings. The van der Waals surface area contributed by atoms with E-state index in [2.05, 4.69) is 20.4 Å². The number of likely N-dealkylation sites (N-methyl/N-ethyl adjacent to an activating group) is 1. The topological polar surface area (TPSA) is 104 Å². The second-order valence-electron chi connectivity index (χ2n) is 6.86. The van der Waals surface area contributed by atoms with Crippen LogP contribution in [0.25, 0.3) is 0 Å². The molecule has 9 nitrogen and oxygen atoms in total. The van der Waals surface area contributed by atoms with Crippen LogP contribution in [0, 0.1) is 0 Å². The first-order valence-corrected chi connectivity index (χ1v) is 9.52. The fourth-order valence-corrected chi connectivity index (χ4v) is 3.01. The van der Waals surface area contributed by atoms with Gasteiger partial charge in [0.15, 0.2) is 5.82 Å². The van der Waals surface area contributed by atoms with Crippen molar-refractivity contribution in [3.05, 3.63) is 48.2 Å². The van der Waals surface area contributed by atoms with E-state index in [1.807, 2.05) is 0 Å². The number of anilines is 2. The highest BCUT2D eigenvalue weighted by Crippen LogP contribution is 2.28. The number of nitrogens with zero attached hydrogens (tertiary/aromatic N) is 3. The zero-order valence-electron chi connectivity index (χ0n) is 17.1. The number of ether oxygens (including phenoxy) is 1. The lowest BCUT2D eigenvalue weighted by Crippen LogP contribution is -2.51. The third kappa shape index (κ3) is 5.25. The molecule has 4 amide bonds. The molecule has 2 aromatic rings. The van der Waals surface area contributed by atoms with Crippen molar-refractivity contribution in [2.24, 2.45) is 0 Å². The molecule has 32 heavy (non-hydrogen) atoms. The summed E-state index contributed by atoms with van der Waals surface area (Å²) in [5.74, 6) is -1.20. The molecule has 1 aromatic heterocycles. The van der Waals surface area contributed by atoms with E-state index >= 15 is 0 Å². The first kappa shape index (κ1) is 22.8. The highest BCUT2D eigenvalue weighted by Gasteiger charge is 2.33. The number of aromatic nitrogens is 1. The highest BCUT2D eigenvalue weighted by molar-refractivity contribution is 6.09. The molecular formula is C20H20F3N5O4. The van der Waals surface area contributed by atoms with E-state index in [1.54, 1.807) is 19.1 Å². The number of amides is 4. The Bertz CT molecular complexity index is 1010. The Balaban J connectivity index is 1.88. The van der Waals surface area contributed by atoms with E-state index in [9.17, 15) is 27.6 Å². The van der Waals surface area contributed by atoms with Crippen LogP contribution in [0.15, 0.2) is 42.6 Å². The molecule has 1 aromatic carbocycles. The number of benzene rings is 1. The molecule has 0 bridgehead atoms. The van der Waals surface area contributed by atoms with Gasteiger partial charge in [0.1, 0.15) is 18.3 Å². The van der Waals surface area contributed by atoms with Gasteiger partial charge in [-0.2, -0.15) is 0 Å². The normalized spacial score (nSPS) is 14.2. The van der Waals surface area contributed by atoms with Crippen LogP contribution in [0.3, 0.4) is 0 Å². The number of hydrogen-bond acceptors (Lipinski definition) is 5. The molecule has 0 aliphatic carbocycles. The van der Waals surface area contributed by atoms with E-state index in [-0.39, 0.29) is 17.9 Å². The van der Waals surface area contributed by atoms with Gasteiger partial charge in [0.2, 0.25) is 11.8 Å². The largest absolute Gasteiger partial charge is 0.573 e. The molecule has 12 heteroatoms. The van der Waals surface area contributed by atoms with Gasteiger partial charge in [-0.25, -0.2) is 9.78 Å².